The topological polar surface area (TPSA) is 46.2 Å². The van der Waals surface area contributed by atoms with Crippen LogP contribution in [0.5, 0.6) is 0 Å². The molecule has 1 aromatic carbocycles. The van der Waals surface area contributed by atoms with Gasteiger partial charge in [0.15, 0.2) is 0 Å². The second-order valence-corrected chi connectivity index (χ2v) is 8.35. The molecule has 3 nitrogen and oxygen atoms in total. The Morgan fingerprint density at radius 2 is 2.06 bits per heavy atom. The molecule has 0 bridgehead atoms. The first kappa shape index (κ1) is 13.9. The lowest BCUT2D eigenvalue weighted by Gasteiger charge is -2.06. The number of nitrogens with one attached hydrogen (secondary N) is 1. The lowest BCUT2D eigenvalue weighted by molar-refractivity contribution is 0.603. The number of aryl methyl sites for hydroxylation is 1. The third-order valence-corrected chi connectivity index (χ3v) is 6.49. The Balaban J connectivity index is 2.33. The molecule has 18 heavy (non-hydrogen) atoms. The second-order valence-electron chi connectivity index (χ2n) is 3.66. The highest BCUT2D eigenvalue weighted by Gasteiger charge is 2.19. The highest BCUT2D eigenvalue weighted by atomic mass is 79.9. The summed E-state index contributed by atoms with van der Waals surface area (Å²) in [6, 6.07) is 8.59. The van der Waals surface area contributed by atoms with Gasteiger partial charge in [-0.15, -0.1) is 11.3 Å². The number of thiophene rings is 1. The minimum absolute atomic E-state index is 0.181. The maximum atomic E-state index is 12.1. The van der Waals surface area contributed by atoms with Crippen LogP contribution < -0.4 is 4.72 Å². The van der Waals surface area contributed by atoms with Crippen LogP contribution in [0.15, 0.2) is 38.3 Å². The summed E-state index contributed by atoms with van der Waals surface area (Å²) in [7, 11) is -3.58. The number of rotatable bonds is 3. The number of hydrogen-bond acceptors (Lipinski definition) is 3. The van der Waals surface area contributed by atoms with Gasteiger partial charge in [0, 0.05) is 5.69 Å². The first-order chi connectivity index (χ1) is 8.38. The standard InChI is InChI=1S/C11H9BrClNO2S2/c1-7-3-2-4-8(5-7)14-18(15,16)10-6-9(13)11(12)17-10/h2-6,14H,1H3. The Labute approximate surface area is 123 Å². The van der Waals surface area contributed by atoms with Crippen molar-refractivity contribution in [2.75, 3.05) is 4.72 Å². The number of benzene rings is 1. The van der Waals surface area contributed by atoms with Gasteiger partial charge in [-0.05, 0) is 46.6 Å². The molecule has 0 aliphatic carbocycles. The molecular formula is C11H9BrClNO2S2. The molecule has 0 amide bonds. The molecule has 1 aromatic heterocycles. The highest BCUT2D eigenvalue weighted by molar-refractivity contribution is 9.11. The molecule has 1 heterocycles. The first-order valence-electron chi connectivity index (χ1n) is 4.93. The molecule has 0 aliphatic rings. The molecule has 0 aliphatic heterocycles. The summed E-state index contributed by atoms with van der Waals surface area (Å²) < 4.78 is 27.5. The van der Waals surface area contributed by atoms with E-state index < -0.39 is 10.0 Å². The number of anilines is 1. The van der Waals surface area contributed by atoms with Gasteiger partial charge in [-0.2, -0.15) is 0 Å². The average molecular weight is 367 g/mol. The fraction of sp³-hybridized carbons (Fsp3) is 0.0909. The summed E-state index contributed by atoms with van der Waals surface area (Å²) in [6.45, 7) is 1.90. The van der Waals surface area contributed by atoms with Crippen LogP contribution in [0.4, 0.5) is 5.69 Å². The van der Waals surface area contributed by atoms with Gasteiger partial charge >= 0.3 is 0 Å². The third kappa shape index (κ3) is 3.06. The van der Waals surface area contributed by atoms with Gasteiger partial charge in [-0.3, -0.25) is 4.72 Å². The van der Waals surface area contributed by atoms with E-state index in [2.05, 4.69) is 20.7 Å². The zero-order chi connectivity index (χ0) is 13.3. The summed E-state index contributed by atoms with van der Waals surface area (Å²) in [5, 5.41) is 0.393. The van der Waals surface area contributed by atoms with Gasteiger partial charge in [0.25, 0.3) is 10.0 Å². The van der Waals surface area contributed by atoms with Crippen molar-refractivity contribution in [1.29, 1.82) is 0 Å². The Morgan fingerprint density at radius 1 is 1.33 bits per heavy atom. The molecule has 0 unspecified atom stereocenters. The van der Waals surface area contributed by atoms with Crippen LogP contribution in [0.3, 0.4) is 0 Å². The summed E-state index contributed by atoms with van der Waals surface area (Å²) in [6.07, 6.45) is 0. The van der Waals surface area contributed by atoms with Crippen molar-refractivity contribution in [3.63, 3.8) is 0 Å². The lowest BCUT2D eigenvalue weighted by Crippen LogP contribution is -2.11. The predicted molar refractivity (Wildman–Crippen MR) is 79.0 cm³/mol. The zero-order valence-electron chi connectivity index (χ0n) is 9.28. The zero-order valence-corrected chi connectivity index (χ0v) is 13.3. The van der Waals surface area contributed by atoms with Crippen LogP contribution in [0.1, 0.15) is 5.56 Å². The Kier molecular flexibility index (Phi) is 4.01. The first-order valence-corrected chi connectivity index (χ1v) is 8.40. The van der Waals surface area contributed by atoms with E-state index in [0.717, 1.165) is 16.9 Å². The second kappa shape index (κ2) is 5.21. The van der Waals surface area contributed by atoms with Crippen LogP contribution >= 0.6 is 38.9 Å². The van der Waals surface area contributed by atoms with E-state index in [-0.39, 0.29) is 4.21 Å². The lowest BCUT2D eigenvalue weighted by atomic mass is 10.2. The molecule has 1 N–H and O–H groups in total. The van der Waals surface area contributed by atoms with Crippen LogP contribution in [0.2, 0.25) is 5.02 Å². The third-order valence-electron chi connectivity index (χ3n) is 2.16. The smallest absolute Gasteiger partial charge is 0.271 e. The van der Waals surface area contributed by atoms with Gasteiger partial charge in [0.1, 0.15) is 4.21 Å². The molecular weight excluding hydrogens is 358 g/mol. The minimum Gasteiger partial charge on any atom is -0.279 e. The van der Waals surface area contributed by atoms with E-state index in [1.54, 1.807) is 18.2 Å². The number of hydrogen-bond donors (Lipinski definition) is 1. The largest absolute Gasteiger partial charge is 0.279 e. The Bertz CT molecular complexity index is 663. The van der Waals surface area contributed by atoms with E-state index in [1.165, 1.54) is 6.07 Å². The molecule has 2 aromatic rings. The summed E-state index contributed by atoms with van der Waals surface area (Å²) >= 11 is 10.1. The van der Waals surface area contributed by atoms with Crippen molar-refractivity contribution in [3.05, 3.63) is 44.7 Å². The monoisotopic (exact) mass is 365 g/mol. The molecule has 7 heteroatoms. The molecule has 0 saturated carbocycles. The number of sulfonamides is 1. The maximum Gasteiger partial charge on any atom is 0.271 e. The van der Waals surface area contributed by atoms with Crippen LogP contribution in [-0.2, 0) is 10.0 Å². The van der Waals surface area contributed by atoms with Gasteiger partial charge in [0.05, 0.1) is 8.81 Å². The summed E-state index contributed by atoms with van der Waals surface area (Å²) in [4.78, 5) is 0. The van der Waals surface area contributed by atoms with E-state index >= 15 is 0 Å². The highest BCUT2D eigenvalue weighted by Crippen LogP contribution is 2.35. The minimum atomic E-state index is -3.58. The van der Waals surface area contributed by atoms with E-state index in [0.29, 0.717) is 14.5 Å². The normalized spacial score (nSPS) is 11.5. The Hall–Kier alpha value is -0.560. The van der Waals surface area contributed by atoms with Crippen molar-refractivity contribution in [3.8, 4) is 0 Å². The molecule has 0 atom stereocenters. The Morgan fingerprint density at radius 3 is 2.61 bits per heavy atom. The summed E-state index contributed by atoms with van der Waals surface area (Å²) in [5.41, 5.74) is 1.52. The molecule has 0 saturated heterocycles. The SMILES string of the molecule is Cc1cccc(NS(=O)(=O)c2cc(Cl)c(Br)s2)c1. The predicted octanol–water partition coefficient (Wildman–Crippen LogP) is 4.27. The average Bonchev–Trinajstić information content (AvgIpc) is 2.59. The fourth-order valence-corrected chi connectivity index (χ4v) is 4.82. The van der Waals surface area contributed by atoms with Crippen molar-refractivity contribution in [2.45, 2.75) is 11.1 Å². The van der Waals surface area contributed by atoms with Gasteiger partial charge in [-0.1, -0.05) is 23.7 Å². The number of halogens is 2. The van der Waals surface area contributed by atoms with E-state index in [4.69, 9.17) is 11.6 Å². The van der Waals surface area contributed by atoms with Gasteiger partial charge < -0.3 is 0 Å². The van der Waals surface area contributed by atoms with Crippen LogP contribution in [0.25, 0.3) is 0 Å². The fourth-order valence-electron chi connectivity index (χ4n) is 1.37. The van der Waals surface area contributed by atoms with E-state index in [1.807, 2.05) is 13.0 Å². The maximum absolute atomic E-state index is 12.1. The molecule has 0 fully saturated rings. The molecule has 2 rings (SSSR count). The van der Waals surface area contributed by atoms with E-state index in [9.17, 15) is 8.42 Å². The molecule has 96 valence electrons. The van der Waals surface area contributed by atoms with Gasteiger partial charge in [0.2, 0.25) is 0 Å². The van der Waals surface area contributed by atoms with Crippen molar-refractivity contribution in [2.24, 2.45) is 0 Å². The summed E-state index contributed by atoms with van der Waals surface area (Å²) in [5.74, 6) is 0. The van der Waals surface area contributed by atoms with Crippen molar-refractivity contribution >= 4 is 54.6 Å². The van der Waals surface area contributed by atoms with Crippen molar-refractivity contribution < 1.29 is 8.42 Å². The van der Waals surface area contributed by atoms with Gasteiger partial charge in [-0.25, -0.2) is 8.42 Å². The molecule has 0 radical (unpaired) electrons. The van der Waals surface area contributed by atoms with Crippen molar-refractivity contribution in [1.82, 2.24) is 0 Å². The van der Waals surface area contributed by atoms with Crippen LogP contribution in [0, 0.1) is 6.92 Å². The molecule has 0 spiro atoms. The van der Waals surface area contributed by atoms with Crippen LogP contribution in [-0.4, -0.2) is 8.42 Å². The quantitative estimate of drug-likeness (QED) is 0.881.